The number of carbonyl (C=O) groups is 1. The van der Waals surface area contributed by atoms with E-state index in [4.69, 9.17) is 21.5 Å². The van der Waals surface area contributed by atoms with Crippen LogP contribution in [0.4, 0.5) is 5.69 Å². The van der Waals surface area contributed by atoms with Crippen molar-refractivity contribution in [3.8, 4) is 0 Å². The molecule has 0 heterocycles. The Labute approximate surface area is 169 Å². The number of nitrogens with one attached hydrogen (secondary N) is 1. The first-order valence-electron chi connectivity index (χ1n) is 9.26. The van der Waals surface area contributed by atoms with E-state index in [0.29, 0.717) is 17.5 Å². The minimum atomic E-state index is -0.110. The van der Waals surface area contributed by atoms with Crippen molar-refractivity contribution in [2.75, 3.05) is 11.9 Å². The molecule has 1 saturated carbocycles. The van der Waals surface area contributed by atoms with Crippen molar-refractivity contribution < 1.29 is 9.53 Å². The Bertz CT molecular complexity index is 779. The molecule has 3 N–H and O–H groups in total. The lowest BCUT2D eigenvalue weighted by atomic mass is 10.1. The predicted molar refractivity (Wildman–Crippen MR) is 112 cm³/mol. The van der Waals surface area contributed by atoms with Crippen molar-refractivity contribution in [1.82, 2.24) is 0 Å². The van der Waals surface area contributed by atoms with E-state index in [1.807, 2.05) is 36.4 Å². The van der Waals surface area contributed by atoms with Crippen molar-refractivity contribution in [2.45, 2.75) is 43.6 Å². The summed E-state index contributed by atoms with van der Waals surface area (Å²) >= 11 is 7.29. The van der Waals surface area contributed by atoms with Gasteiger partial charge >= 0.3 is 0 Å². The van der Waals surface area contributed by atoms with Crippen molar-refractivity contribution in [3.05, 3.63) is 58.6 Å². The number of ether oxygens (including phenoxy) is 1. The zero-order valence-corrected chi connectivity index (χ0v) is 16.8. The van der Waals surface area contributed by atoms with Gasteiger partial charge in [0, 0.05) is 22.2 Å². The molecule has 0 aromatic heterocycles. The number of hydrogen-bond donors (Lipinski definition) is 2. The van der Waals surface area contributed by atoms with Crippen LogP contribution < -0.4 is 10.5 Å². The molecular formula is C21H25ClN2O2S. The Morgan fingerprint density at radius 2 is 1.96 bits per heavy atom. The minimum Gasteiger partial charge on any atom is -0.376 e. The van der Waals surface area contributed by atoms with E-state index in [1.165, 1.54) is 37.6 Å². The Hall–Kier alpha value is -1.53. The number of halogens is 1. The van der Waals surface area contributed by atoms with E-state index in [1.54, 1.807) is 6.07 Å². The molecule has 2 aromatic rings. The lowest BCUT2D eigenvalue weighted by molar-refractivity contribution is -0.115. The molecule has 3 rings (SSSR count). The molecule has 0 unspecified atom stereocenters. The van der Waals surface area contributed by atoms with Crippen molar-refractivity contribution in [3.63, 3.8) is 0 Å². The van der Waals surface area contributed by atoms with Crippen molar-refractivity contribution in [2.24, 2.45) is 11.1 Å². The maximum atomic E-state index is 12.3. The molecular weight excluding hydrogens is 380 g/mol. The highest BCUT2D eigenvalue weighted by atomic mass is 35.5. The fourth-order valence-electron chi connectivity index (χ4n) is 3.39. The first-order chi connectivity index (χ1) is 13.2. The van der Waals surface area contributed by atoms with Gasteiger partial charge < -0.3 is 10.1 Å². The standard InChI is InChI=1S/C21H25ClN2O2S/c22-19-8-4-3-7-16(19)11-21(25)24-18-10-9-17(20(12-18)27-23)14-26-13-15-5-1-2-6-15/h3-4,7-10,12,15H,1-2,5-6,11,13-14,23H2,(H,24,25). The molecule has 0 bridgehead atoms. The summed E-state index contributed by atoms with van der Waals surface area (Å²) in [5.74, 6) is 0.587. The van der Waals surface area contributed by atoms with Gasteiger partial charge in [0.1, 0.15) is 0 Å². The van der Waals surface area contributed by atoms with Crippen LogP contribution in [0.1, 0.15) is 36.8 Å². The smallest absolute Gasteiger partial charge is 0.228 e. The van der Waals surface area contributed by atoms with Gasteiger partial charge in [-0.05, 0) is 60.0 Å². The third-order valence-corrected chi connectivity index (χ3v) is 5.88. The summed E-state index contributed by atoms with van der Waals surface area (Å²) < 4.78 is 5.89. The van der Waals surface area contributed by atoms with Crippen molar-refractivity contribution in [1.29, 1.82) is 0 Å². The highest BCUT2D eigenvalue weighted by molar-refractivity contribution is 7.97. The van der Waals surface area contributed by atoms with Gasteiger partial charge in [0.05, 0.1) is 13.0 Å². The fraction of sp³-hybridized carbons (Fsp3) is 0.381. The van der Waals surface area contributed by atoms with Gasteiger partial charge in [0.2, 0.25) is 5.91 Å². The zero-order chi connectivity index (χ0) is 19.1. The van der Waals surface area contributed by atoms with Gasteiger partial charge in [-0.1, -0.05) is 48.7 Å². The Balaban J connectivity index is 1.56. The van der Waals surface area contributed by atoms with Gasteiger partial charge in [-0.15, -0.1) is 0 Å². The SMILES string of the molecule is NSc1cc(NC(=O)Cc2ccccc2Cl)ccc1COCC1CCCC1. The maximum Gasteiger partial charge on any atom is 0.228 e. The summed E-state index contributed by atoms with van der Waals surface area (Å²) in [6, 6.07) is 13.1. The second-order valence-corrected chi connectivity index (χ2v) is 8.01. The van der Waals surface area contributed by atoms with E-state index in [0.717, 1.165) is 28.3 Å². The topological polar surface area (TPSA) is 64.3 Å². The number of anilines is 1. The maximum absolute atomic E-state index is 12.3. The molecule has 1 amide bonds. The zero-order valence-electron chi connectivity index (χ0n) is 15.2. The van der Waals surface area contributed by atoms with E-state index < -0.39 is 0 Å². The Morgan fingerprint density at radius 3 is 2.70 bits per heavy atom. The average Bonchev–Trinajstić information content (AvgIpc) is 3.18. The summed E-state index contributed by atoms with van der Waals surface area (Å²) in [6.45, 7) is 1.36. The number of amides is 1. The molecule has 2 aromatic carbocycles. The third kappa shape index (κ3) is 5.98. The molecule has 1 aliphatic rings. The number of hydrogen-bond acceptors (Lipinski definition) is 4. The van der Waals surface area contributed by atoms with Crippen LogP contribution in [-0.2, 0) is 22.6 Å². The van der Waals surface area contributed by atoms with Crippen molar-refractivity contribution >= 4 is 35.1 Å². The fourth-order valence-corrected chi connectivity index (χ4v) is 4.07. The summed E-state index contributed by atoms with van der Waals surface area (Å²) in [7, 11) is 0. The molecule has 1 fully saturated rings. The first-order valence-corrected chi connectivity index (χ1v) is 10.5. The highest BCUT2D eigenvalue weighted by Crippen LogP contribution is 2.27. The molecule has 0 saturated heterocycles. The number of rotatable bonds is 8. The van der Waals surface area contributed by atoms with Crippen LogP contribution in [0.5, 0.6) is 0 Å². The van der Waals surface area contributed by atoms with Crippen LogP contribution >= 0.6 is 23.5 Å². The minimum absolute atomic E-state index is 0.110. The van der Waals surface area contributed by atoms with E-state index in [2.05, 4.69) is 5.32 Å². The second kappa shape index (κ2) is 10.1. The Morgan fingerprint density at radius 1 is 1.19 bits per heavy atom. The molecule has 4 nitrogen and oxygen atoms in total. The molecule has 27 heavy (non-hydrogen) atoms. The number of nitrogens with two attached hydrogens (primary N) is 1. The van der Waals surface area contributed by atoms with Gasteiger partial charge in [0.25, 0.3) is 0 Å². The highest BCUT2D eigenvalue weighted by Gasteiger charge is 2.15. The van der Waals surface area contributed by atoms with Crippen LogP contribution in [-0.4, -0.2) is 12.5 Å². The predicted octanol–water partition coefficient (Wildman–Crippen LogP) is 5.19. The average molecular weight is 405 g/mol. The lowest BCUT2D eigenvalue weighted by Crippen LogP contribution is -2.15. The van der Waals surface area contributed by atoms with Crippen LogP contribution in [0.3, 0.4) is 0 Å². The van der Waals surface area contributed by atoms with Crippen LogP contribution in [0, 0.1) is 5.92 Å². The molecule has 0 radical (unpaired) electrons. The summed E-state index contributed by atoms with van der Waals surface area (Å²) in [5.41, 5.74) is 2.58. The normalized spacial score (nSPS) is 14.4. The molecule has 6 heteroatoms. The summed E-state index contributed by atoms with van der Waals surface area (Å²) in [6.07, 6.45) is 5.42. The molecule has 0 spiro atoms. The van der Waals surface area contributed by atoms with E-state index in [9.17, 15) is 4.79 Å². The largest absolute Gasteiger partial charge is 0.376 e. The second-order valence-electron chi connectivity index (χ2n) is 6.92. The quantitative estimate of drug-likeness (QED) is 0.594. The van der Waals surface area contributed by atoms with E-state index in [-0.39, 0.29) is 12.3 Å². The van der Waals surface area contributed by atoms with Gasteiger partial charge in [-0.2, -0.15) is 0 Å². The van der Waals surface area contributed by atoms with Gasteiger partial charge in [0.15, 0.2) is 0 Å². The first kappa shape index (κ1) is 20.2. The summed E-state index contributed by atoms with van der Waals surface area (Å²) in [5, 5.41) is 9.33. The van der Waals surface area contributed by atoms with Gasteiger partial charge in [-0.25, -0.2) is 0 Å². The summed E-state index contributed by atoms with van der Waals surface area (Å²) in [4.78, 5) is 13.2. The van der Waals surface area contributed by atoms with Crippen LogP contribution in [0.25, 0.3) is 0 Å². The molecule has 1 aliphatic carbocycles. The Kier molecular flexibility index (Phi) is 7.59. The molecule has 0 atom stereocenters. The monoisotopic (exact) mass is 404 g/mol. The number of carbonyl (C=O) groups excluding carboxylic acids is 1. The van der Waals surface area contributed by atoms with E-state index >= 15 is 0 Å². The molecule has 0 aliphatic heterocycles. The molecule has 144 valence electrons. The van der Waals surface area contributed by atoms with Crippen LogP contribution in [0.2, 0.25) is 5.02 Å². The van der Waals surface area contributed by atoms with Crippen LogP contribution in [0.15, 0.2) is 47.4 Å². The third-order valence-electron chi connectivity index (χ3n) is 4.87. The lowest BCUT2D eigenvalue weighted by Gasteiger charge is -2.13. The van der Waals surface area contributed by atoms with Gasteiger partial charge in [-0.3, -0.25) is 9.93 Å². The number of benzene rings is 2.